The van der Waals surface area contributed by atoms with E-state index in [2.05, 4.69) is 26.8 Å². The number of rotatable bonds is 2. The van der Waals surface area contributed by atoms with Gasteiger partial charge in [0.15, 0.2) is 5.78 Å². The first-order valence-electron chi connectivity index (χ1n) is 6.25. The maximum atomic E-state index is 12.3. The van der Waals surface area contributed by atoms with Crippen LogP contribution in [0.1, 0.15) is 49.5 Å². The Hall–Kier alpha value is -1.31. The van der Waals surface area contributed by atoms with Gasteiger partial charge in [0.1, 0.15) is 5.75 Å². The van der Waals surface area contributed by atoms with Crippen molar-refractivity contribution in [3.05, 3.63) is 29.3 Å². The van der Waals surface area contributed by atoms with Gasteiger partial charge in [-0.15, -0.1) is 0 Å². The van der Waals surface area contributed by atoms with Gasteiger partial charge in [-0.05, 0) is 29.9 Å². The largest absolute Gasteiger partial charge is 0.493 e. The summed E-state index contributed by atoms with van der Waals surface area (Å²) in [7, 11) is 0. The first-order valence-corrected chi connectivity index (χ1v) is 6.25. The second-order valence-corrected chi connectivity index (χ2v) is 5.91. The van der Waals surface area contributed by atoms with Crippen molar-refractivity contribution in [3.8, 4) is 5.75 Å². The molecule has 1 aromatic carbocycles. The fourth-order valence-corrected chi connectivity index (χ4v) is 2.19. The summed E-state index contributed by atoms with van der Waals surface area (Å²) in [5.74, 6) is 1.02. The number of ketones is 1. The van der Waals surface area contributed by atoms with E-state index < -0.39 is 0 Å². The van der Waals surface area contributed by atoms with Crippen molar-refractivity contribution in [2.75, 3.05) is 6.61 Å². The van der Waals surface area contributed by atoms with E-state index in [0.29, 0.717) is 6.42 Å². The number of benzene rings is 1. The Labute approximate surface area is 103 Å². The summed E-state index contributed by atoms with van der Waals surface area (Å²) < 4.78 is 5.67. The van der Waals surface area contributed by atoms with Crippen LogP contribution < -0.4 is 4.74 Å². The molecule has 0 aromatic heterocycles. The normalized spacial score (nSPS) is 15.0. The third kappa shape index (κ3) is 2.87. The van der Waals surface area contributed by atoms with E-state index in [9.17, 15) is 4.79 Å². The van der Waals surface area contributed by atoms with E-state index in [1.54, 1.807) is 0 Å². The van der Waals surface area contributed by atoms with Crippen molar-refractivity contribution < 1.29 is 9.53 Å². The molecule has 0 radical (unpaired) electrons. The summed E-state index contributed by atoms with van der Waals surface area (Å²) in [6, 6.07) is 5.91. The highest BCUT2D eigenvalue weighted by Crippen LogP contribution is 2.31. The van der Waals surface area contributed by atoms with Crippen molar-refractivity contribution >= 4 is 5.78 Å². The number of para-hydroxylation sites is 1. The number of aryl methyl sites for hydroxylation is 1. The van der Waals surface area contributed by atoms with Crippen LogP contribution in [0.5, 0.6) is 5.75 Å². The van der Waals surface area contributed by atoms with E-state index in [4.69, 9.17) is 4.74 Å². The van der Waals surface area contributed by atoms with Crippen LogP contribution >= 0.6 is 0 Å². The first kappa shape index (κ1) is 12.2. The van der Waals surface area contributed by atoms with Crippen LogP contribution in [0.3, 0.4) is 0 Å². The fraction of sp³-hybridized carbons (Fsp3) is 0.533. The molecule has 0 fully saturated rings. The van der Waals surface area contributed by atoms with Crippen LogP contribution in [0, 0.1) is 5.41 Å². The molecular weight excluding hydrogens is 212 g/mol. The number of hydrogen-bond acceptors (Lipinski definition) is 2. The minimum Gasteiger partial charge on any atom is -0.493 e. The van der Waals surface area contributed by atoms with Crippen molar-refractivity contribution in [3.63, 3.8) is 0 Å². The minimum atomic E-state index is 0.0223. The van der Waals surface area contributed by atoms with Gasteiger partial charge in [-0.1, -0.05) is 32.9 Å². The molecule has 92 valence electrons. The zero-order chi connectivity index (χ0) is 12.5. The number of ether oxygens (including phenoxy) is 1. The fourth-order valence-electron chi connectivity index (χ4n) is 2.19. The molecule has 2 heteroatoms. The van der Waals surface area contributed by atoms with Gasteiger partial charge in [-0.25, -0.2) is 0 Å². The highest BCUT2D eigenvalue weighted by Gasteiger charge is 2.22. The van der Waals surface area contributed by atoms with Crippen molar-refractivity contribution in [2.45, 2.75) is 40.0 Å². The highest BCUT2D eigenvalue weighted by atomic mass is 16.5. The number of carbonyl (C=O) groups excluding carboxylic acids is 1. The SMILES string of the molecule is CC(C)(C)CC(=O)c1cccc2c1OCCC2. The number of Topliss-reactive ketones (excluding diaryl/α,β-unsaturated/α-hetero) is 1. The van der Waals surface area contributed by atoms with Gasteiger partial charge < -0.3 is 4.74 Å². The Balaban J connectivity index is 2.29. The molecule has 1 heterocycles. The highest BCUT2D eigenvalue weighted by molar-refractivity contribution is 5.99. The molecule has 2 rings (SSSR count). The third-order valence-electron chi connectivity index (χ3n) is 2.92. The molecule has 0 bridgehead atoms. The topological polar surface area (TPSA) is 26.3 Å². The van der Waals surface area contributed by atoms with E-state index in [-0.39, 0.29) is 11.2 Å². The average molecular weight is 232 g/mol. The van der Waals surface area contributed by atoms with Crippen LogP contribution in [0.15, 0.2) is 18.2 Å². The van der Waals surface area contributed by atoms with E-state index in [1.165, 1.54) is 5.56 Å². The van der Waals surface area contributed by atoms with E-state index >= 15 is 0 Å². The van der Waals surface area contributed by atoms with Crippen LogP contribution in [0.4, 0.5) is 0 Å². The van der Waals surface area contributed by atoms with Gasteiger partial charge in [-0.2, -0.15) is 0 Å². The predicted molar refractivity (Wildman–Crippen MR) is 68.7 cm³/mol. The van der Waals surface area contributed by atoms with Gasteiger partial charge in [0, 0.05) is 6.42 Å². The second kappa shape index (κ2) is 4.52. The first-order chi connectivity index (χ1) is 7.97. The van der Waals surface area contributed by atoms with Crippen LogP contribution in [0.2, 0.25) is 0 Å². The average Bonchev–Trinajstić information content (AvgIpc) is 2.26. The number of hydrogen-bond donors (Lipinski definition) is 0. The van der Waals surface area contributed by atoms with Crippen LogP contribution in [0.25, 0.3) is 0 Å². The molecule has 2 nitrogen and oxygen atoms in total. The zero-order valence-electron chi connectivity index (χ0n) is 10.9. The minimum absolute atomic E-state index is 0.0223. The number of carbonyl (C=O) groups is 1. The Morgan fingerprint density at radius 2 is 2.12 bits per heavy atom. The summed E-state index contributed by atoms with van der Waals surface area (Å²) in [5, 5.41) is 0. The summed E-state index contributed by atoms with van der Waals surface area (Å²) >= 11 is 0. The second-order valence-electron chi connectivity index (χ2n) is 5.91. The van der Waals surface area contributed by atoms with Gasteiger partial charge in [0.05, 0.1) is 12.2 Å². The maximum Gasteiger partial charge on any atom is 0.167 e. The Kier molecular flexibility index (Phi) is 3.23. The summed E-state index contributed by atoms with van der Waals surface area (Å²) in [6.45, 7) is 6.98. The Bertz CT molecular complexity index is 427. The molecule has 0 amide bonds. The standard InChI is InChI=1S/C15H20O2/c1-15(2,3)10-13(16)12-8-4-6-11-7-5-9-17-14(11)12/h4,6,8H,5,7,9-10H2,1-3H3. The number of fused-ring (bicyclic) bond motifs is 1. The zero-order valence-corrected chi connectivity index (χ0v) is 10.9. The lowest BCUT2D eigenvalue weighted by Gasteiger charge is -2.22. The molecule has 1 aromatic rings. The molecule has 17 heavy (non-hydrogen) atoms. The Morgan fingerprint density at radius 1 is 1.35 bits per heavy atom. The molecule has 0 saturated carbocycles. The summed E-state index contributed by atoms with van der Waals surface area (Å²) in [6.07, 6.45) is 2.63. The molecule has 0 saturated heterocycles. The van der Waals surface area contributed by atoms with Crippen LogP contribution in [-0.4, -0.2) is 12.4 Å². The van der Waals surface area contributed by atoms with Gasteiger partial charge >= 0.3 is 0 Å². The maximum absolute atomic E-state index is 12.3. The monoisotopic (exact) mass is 232 g/mol. The molecular formula is C15H20O2. The molecule has 0 aliphatic carbocycles. The summed E-state index contributed by atoms with van der Waals surface area (Å²) in [4.78, 5) is 12.3. The lowest BCUT2D eigenvalue weighted by Crippen LogP contribution is -2.17. The van der Waals surface area contributed by atoms with E-state index in [0.717, 1.165) is 30.8 Å². The molecule has 1 aliphatic heterocycles. The van der Waals surface area contributed by atoms with Gasteiger partial charge in [0.25, 0.3) is 0 Å². The van der Waals surface area contributed by atoms with Crippen molar-refractivity contribution in [2.24, 2.45) is 5.41 Å². The van der Waals surface area contributed by atoms with Crippen molar-refractivity contribution in [1.29, 1.82) is 0 Å². The molecule has 0 atom stereocenters. The van der Waals surface area contributed by atoms with Gasteiger partial charge in [-0.3, -0.25) is 4.79 Å². The van der Waals surface area contributed by atoms with Crippen LogP contribution in [-0.2, 0) is 6.42 Å². The van der Waals surface area contributed by atoms with E-state index in [1.807, 2.05) is 12.1 Å². The quantitative estimate of drug-likeness (QED) is 0.728. The lowest BCUT2D eigenvalue weighted by molar-refractivity contribution is 0.0935. The van der Waals surface area contributed by atoms with Gasteiger partial charge in [0.2, 0.25) is 0 Å². The molecule has 0 unspecified atom stereocenters. The summed E-state index contributed by atoms with van der Waals surface area (Å²) in [5.41, 5.74) is 1.96. The lowest BCUT2D eigenvalue weighted by atomic mass is 9.87. The Morgan fingerprint density at radius 3 is 2.82 bits per heavy atom. The molecule has 1 aliphatic rings. The predicted octanol–water partition coefficient (Wildman–Crippen LogP) is 3.63. The third-order valence-corrected chi connectivity index (χ3v) is 2.92. The molecule has 0 N–H and O–H groups in total. The molecule has 0 spiro atoms. The smallest absolute Gasteiger partial charge is 0.167 e. The van der Waals surface area contributed by atoms with Crippen molar-refractivity contribution in [1.82, 2.24) is 0 Å².